The fourth-order valence-corrected chi connectivity index (χ4v) is 1.11. The van der Waals surface area contributed by atoms with Crippen LogP contribution in [0.1, 0.15) is 13.8 Å². The lowest BCUT2D eigenvalue weighted by Crippen LogP contribution is -2.37. The summed E-state index contributed by atoms with van der Waals surface area (Å²) in [7, 11) is 0. The molecule has 0 aromatic heterocycles. The number of carboxylic acids is 2. The average Bonchev–Trinajstić information content (AvgIpc) is 2.09. The predicted molar refractivity (Wildman–Crippen MR) is 57.4 cm³/mol. The topological polar surface area (TPSA) is 87.1 Å². The Labute approximate surface area is 94.8 Å². The van der Waals surface area contributed by atoms with Crippen molar-refractivity contribution in [2.24, 2.45) is 5.92 Å². The summed E-state index contributed by atoms with van der Waals surface area (Å²) in [6.07, 6.45) is 0. The third kappa shape index (κ3) is 9.42. The number of hydrogen-bond donors (Lipinski definition) is 2. The van der Waals surface area contributed by atoms with Gasteiger partial charge in [0.05, 0.1) is 19.7 Å². The summed E-state index contributed by atoms with van der Waals surface area (Å²) < 4.78 is 5.26. The van der Waals surface area contributed by atoms with Gasteiger partial charge < -0.3 is 14.9 Å². The van der Waals surface area contributed by atoms with E-state index in [1.54, 1.807) is 0 Å². The van der Waals surface area contributed by atoms with E-state index in [1.807, 2.05) is 13.8 Å². The fourth-order valence-electron chi connectivity index (χ4n) is 1.11. The molecule has 0 fully saturated rings. The first-order valence-corrected chi connectivity index (χ1v) is 5.15. The molecule has 94 valence electrons. The van der Waals surface area contributed by atoms with Crippen molar-refractivity contribution in [1.82, 2.24) is 4.90 Å². The van der Waals surface area contributed by atoms with Crippen molar-refractivity contribution in [1.29, 1.82) is 0 Å². The normalized spacial score (nSPS) is 11.0. The molecule has 0 spiro atoms. The lowest BCUT2D eigenvalue weighted by Gasteiger charge is -2.18. The molecule has 0 saturated heterocycles. The molecule has 0 amide bonds. The minimum Gasteiger partial charge on any atom is -0.480 e. The summed E-state index contributed by atoms with van der Waals surface area (Å²) in [5.74, 6) is -1.66. The van der Waals surface area contributed by atoms with Gasteiger partial charge in [-0.3, -0.25) is 14.5 Å². The van der Waals surface area contributed by atoms with E-state index in [2.05, 4.69) is 0 Å². The Balaban J connectivity index is 3.82. The molecule has 0 aliphatic carbocycles. The van der Waals surface area contributed by atoms with Crippen LogP contribution in [0.3, 0.4) is 0 Å². The van der Waals surface area contributed by atoms with Crippen molar-refractivity contribution in [2.75, 3.05) is 32.8 Å². The highest BCUT2D eigenvalue weighted by Gasteiger charge is 2.12. The van der Waals surface area contributed by atoms with Gasteiger partial charge in [-0.25, -0.2) is 0 Å². The van der Waals surface area contributed by atoms with Crippen LogP contribution in [0.2, 0.25) is 0 Å². The summed E-state index contributed by atoms with van der Waals surface area (Å²) in [6, 6.07) is 0. The molecule has 0 unspecified atom stereocenters. The van der Waals surface area contributed by atoms with Crippen molar-refractivity contribution in [3.63, 3.8) is 0 Å². The van der Waals surface area contributed by atoms with Crippen LogP contribution in [0.4, 0.5) is 0 Å². The van der Waals surface area contributed by atoms with E-state index in [9.17, 15) is 9.59 Å². The fraction of sp³-hybridized carbons (Fsp3) is 0.800. The Kier molecular flexibility index (Phi) is 7.49. The third-order valence-corrected chi connectivity index (χ3v) is 1.72. The second-order valence-electron chi connectivity index (χ2n) is 3.97. The SMILES string of the molecule is CC(C)COCCN(CC(=O)O)CC(=O)O. The lowest BCUT2D eigenvalue weighted by molar-refractivity contribution is -0.142. The van der Waals surface area contributed by atoms with Gasteiger partial charge >= 0.3 is 11.9 Å². The Morgan fingerprint density at radius 3 is 2.06 bits per heavy atom. The number of aliphatic carboxylic acids is 2. The molecule has 0 bridgehead atoms. The van der Waals surface area contributed by atoms with E-state index in [-0.39, 0.29) is 13.1 Å². The molecule has 0 rings (SSSR count). The van der Waals surface area contributed by atoms with E-state index < -0.39 is 11.9 Å². The summed E-state index contributed by atoms with van der Waals surface area (Å²) >= 11 is 0. The smallest absolute Gasteiger partial charge is 0.317 e. The highest BCUT2D eigenvalue weighted by atomic mass is 16.5. The second kappa shape index (κ2) is 8.06. The number of hydrogen-bond acceptors (Lipinski definition) is 4. The molecule has 0 radical (unpaired) electrons. The molecular formula is C10H19NO5. The molecule has 6 nitrogen and oxygen atoms in total. The second-order valence-corrected chi connectivity index (χ2v) is 3.97. The van der Waals surface area contributed by atoms with Crippen LogP contribution in [0, 0.1) is 5.92 Å². The van der Waals surface area contributed by atoms with Crippen molar-refractivity contribution in [3.8, 4) is 0 Å². The van der Waals surface area contributed by atoms with Gasteiger partial charge in [0.2, 0.25) is 0 Å². The van der Waals surface area contributed by atoms with Gasteiger partial charge in [0, 0.05) is 13.2 Å². The zero-order valence-electron chi connectivity index (χ0n) is 9.68. The van der Waals surface area contributed by atoms with Crippen LogP contribution in [-0.2, 0) is 14.3 Å². The number of ether oxygens (including phenoxy) is 1. The van der Waals surface area contributed by atoms with E-state index in [0.717, 1.165) is 0 Å². The van der Waals surface area contributed by atoms with E-state index in [1.165, 1.54) is 4.90 Å². The minimum absolute atomic E-state index is 0.280. The van der Waals surface area contributed by atoms with Crippen LogP contribution in [0.15, 0.2) is 0 Å². The molecule has 0 aliphatic rings. The Hall–Kier alpha value is -1.14. The quantitative estimate of drug-likeness (QED) is 0.550. The van der Waals surface area contributed by atoms with Crippen molar-refractivity contribution in [2.45, 2.75) is 13.8 Å². The van der Waals surface area contributed by atoms with Crippen molar-refractivity contribution < 1.29 is 24.5 Å². The van der Waals surface area contributed by atoms with Gasteiger partial charge in [-0.15, -0.1) is 0 Å². The summed E-state index contributed by atoms with van der Waals surface area (Å²) in [4.78, 5) is 22.2. The highest BCUT2D eigenvalue weighted by molar-refractivity contribution is 5.72. The molecule has 0 aliphatic heterocycles. The van der Waals surface area contributed by atoms with E-state index in [0.29, 0.717) is 25.7 Å². The Bertz CT molecular complexity index is 213. The van der Waals surface area contributed by atoms with Crippen LogP contribution in [0.5, 0.6) is 0 Å². The van der Waals surface area contributed by atoms with E-state index >= 15 is 0 Å². The maximum absolute atomic E-state index is 10.5. The van der Waals surface area contributed by atoms with Gasteiger partial charge in [-0.2, -0.15) is 0 Å². The van der Waals surface area contributed by atoms with Gasteiger partial charge in [0.1, 0.15) is 0 Å². The first-order valence-electron chi connectivity index (χ1n) is 5.15. The highest BCUT2D eigenvalue weighted by Crippen LogP contribution is 1.94. The summed E-state index contributed by atoms with van der Waals surface area (Å²) in [5.41, 5.74) is 0. The predicted octanol–water partition coefficient (Wildman–Crippen LogP) is 0.130. The summed E-state index contributed by atoms with van der Waals surface area (Å²) in [5, 5.41) is 17.1. The molecule has 0 aromatic carbocycles. The first-order chi connectivity index (χ1) is 7.41. The maximum Gasteiger partial charge on any atom is 0.317 e. The molecule has 0 atom stereocenters. The number of carboxylic acid groups (broad SMARTS) is 2. The first kappa shape index (κ1) is 14.9. The monoisotopic (exact) mass is 233 g/mol. The summed E-state index contributed by atoms with van der Waals surface area (Å²) in [6.45, 7) is 4.70. The third-order valence-electron chi connectivity index (χ3n) is 1.72. The van der Waals surface area contributed by atoms with Crippen LogP contribution >= 0.6 is 0 Å². The van der Waals surface area contributed by atoms with E-state index in [4.69, 9.17) is 14.9 Å². The number of nitrogens with zero attached hydrogens (tertiary/aromatic N) is 1. The Morgan fingerprint density at radius 1 is 1.19 bits per heavy atom. The van der Waals surface area contributed by atoms with Crippen LogP contribution in [0.25, 0.3) is 0 Å². The van der Waals surface area contributed by atoms with Crippen LogP contribution < -0.4 is 0 Å². The zero-order chi connectivity index (χ0) is 12.6. The van der Waals surface area contributed by atoms with Crippen LogP contribution in [-0.4, -0.2) is 59.9 Å². The average molecular weight is 233 g/mol. The molecular weight excluding hydrogens is 214 g/mol. The maximum atomic E-state index is 10.5. The standard InChI is InChI=1S/C10H19NO5/c1-8(2)7-16-4-3-11(5-9(12)13)6-10(14)15/h8H,3-7H2,1-2H3,(H,12,13)(H,14,15). The minimum atomic E-state index is -1.04. The molecule has 16 heavy (non-hydrogen) atoms. The Morgan fingerprint density at radius 2 is 1.69 bits per heavy atom. The van der Waals surface area contributed by atoms with Gasteiger partial charge in [-0.1, -0.05) is 13.8 Å². The molecule has 6 heteroatoms. The van der Waals surface area contributed by atoms with Gasteiger partial charge in [-0.05, 0) is 5.92 Å². The molecule has 2 N–H and O–H groups in total. The van der Waals surface area contributed by atoms with Crippen molar-refractivity contribution >= 4 is 11.9 Å². The molecule has 0 saturated carbocycles. The zero-order valence-corrected chi connectivity index (χ0v) is 9.68. The number of carbonyl (C=O) groups is 2. The van der Waals surface area contributed by atoms with Gasteiger partial charge in [0.15, 0.2) is 0 Å². The largest absolute Gasteiger partial charge is 0.480 e. The number of rotatable bonds is 9. The van der Waals surface area contributed by atoms with Crippen molar-refractivity contribution in [3.05, 3.63) is 0 Å². The van der Waals surface area contributed by atoms with Gasteiger partial charge in [0.25, 0.3) is 0 Å². The molecule has 0 aromatic rings. The molecule has 0 heterocycles. The lowest BCUT2D eigenvalue weighted by atomic mass is 10.2.